The summed E-state index contributed by atoms with van der Waals surface area (Å²) in [6, 6.07) is 8.86. The summed E-state index contributed by atoms with van der Waals surface area (Å²) < 4.78 is 5.19. The van der Waals surface area contributed by atoms with E-state index < -0.39 is 0 Å². The Kier molecular flexibility index (Phi) is 2.59. The number of rotatable bonds is 4. The van der Waals surface area contributed by atoms with E-state index in [4.69, 9.17) is 4.74 Å². The van der Waals surface area contributed by atoms with Crippen LogP contribution in [-0.2, 0) is 0 Å². The quantitative estimate of drug-likeness (QED) is 0.723. The average molecular weight is 192 g/mol. The fourth-order valence-corrected chi connectivity index (χ4v) is 1.70. The number of methoxy groups -OCH3 is 1. The van der Waals surface area contributed by atoms with Gasteiger partial charge in [-0.05, 0) is 19.2 Å². The number of ether oxygens (including phenoxy) is 1. The highest BCUT2D eigenvalue weighted by molar-refractivity contribution is 5.56. The smallest absolute Gasteiger partial charge is 0.120 e. The van der Waals surface area contributed by atoms with Crippen molar-refractivity contribution in [2.45, 2.75) is 6.04 Å². The number of nitrogens with zero attached hydrogens (tertiary/aromatic N) is 1. The number of likely N-dealkylation sites (N-methyl/N-ethyl adjacent to an activating group) is 1. The summed E-state index contributed by atoms with van der Waals surface area (Å²) in [5, 5.41) is 3.19. The van der Waals surface area contributed by atoms with Gasteiger partial charge in [0.2, 0.25) is 0 Å². The zero-order valence-electron chi connectivity index (χ0n) is 8.66. The van der Waals surface area contributed by atoms with Crippen molar-refractivity contribution < 1.29 is 4.74 Å². The Hall–Kier alpha value is -1.22. The van der Waals surface area contributed by atoms with Crippen LogP contribution in [0.1, 0.15) is 0 Å². The first kappa shape index (κ1) is 9.34. The molecule has 1 aliphatic heterocycles. The topological polar surface area (TPSA) is 24.3 Å². The van der Waals surface area contributed by atoms with Crippen molar-refractivity contribution in [3.63, 3.8) is 0 Å². The van der Waals surface area contributed by atoms with E-state index in [0.29, 0.717) is 6.04 Å². The van der Waals surface area contributed by atoms with E-state index in [1.165, 1.54) is 5.69 Å². The number of hydrogen-bond acceptors (Lipinski definition) is 3. The molecular weight excluding hydrogens is 176 g/mol. The van der Waals surface area contributed by atoms with E-state index >= 15 is 0 Å². The maximum Gasteiger partial charge on any atom is 0.120 e. The molecule has 3 nitrogen and oxygen atoms in total. The molecule has 0 spiro atoms. The van der Waals surface area contributed by atoms with Gasteiger partial charge < -0.3 is 15.0 Å². The molecule has 2 rings (SSSR count). The lowest BCUT2D eigenvalue weighted by Gasteiger charge is -2.07. The van der Waals surface area contributed by atoms with Crippen molar-refractivity contribution in [3.05, 3.63) is 24.3 Å². The van der Waals surface area contributed by atoms with Crippen molar-refractivity contribution in [2.24, 2.45) is 0 Å². The summed E-state index contributed by atoms with van der Waals surface area (Å²) in [4.78, 5) is 2.36. The average Bonchev–Trinajstić information content (AvgIpc) is 2.98. The lowest BCUT2D eigenvalue weighted by molar-refractivity contribution is 0.415. The number of nitrogens with one attached hydrogen (secondary N) is 1. The van der Waals surface area contributed by atoms with Crippen molar-refractivity contribution in [3.8, 4) is 5.75 Å². The maximum atomic E-state index is 5.19. The normalized spacial score (nSPS) is 19.6. The van der Waals surface area contributed by atoms with Crippen LogP contribution in [0.3, 0.4) is 0 Å². The summed E-state index contributed by atoms with van der Waals surface area (Å²) in [5.41, 5.74) is 1.25. The SMILES string of the molecule is CNCC1CN1c1cccc(OC)c1. The summed E-state index contributed by atoms with van der Waals surface area (Å²) in [5.74, 6) is 0.928. The van der Waals surface area contributed by atoms with Crippen LogP contribution in [0.2, 0.25) is 0 Å². The van der Waals surface area contributed by atoms with Crippen LogP contribution in [0.4, 0.5) is 5.69 Å². The highest BCUT2D eigenvalue weighted by Gasteiger charge is 2.33. The molecule has 1 atom stereocenters. The minimum atomic E-state index is 0.659. The highest BCUT2D eigenvalue weighted by Crippen LogP contribution is 2.29. The van der Waals surface area contributed by atoms with Gasteiger partial charge in [0.1, 0.15) is 5.75 Å². The molecule has 14 heavy (non-hydrogen) atoms. The van der Waals surface area contributed by atoms with E-state index in [2.05, 4.69) is 22.3 Å². The second kappa shape index (κ2) is 3.88. The second-order valence-electron chi connectivity index (χ2n) is 3.57. The molecule has 0 aliphatic carbocycles. The molecule has 1 aromatic carbocycles. The molecule has 1 heterocycles. The van der Waals surface area contributed by atoms with E-state index in [-0.39, 0.29) is 0 Å². The summed E-state index contributed by atoms with van der Waals surface area (Å²) in [7, 11) is 3.69. The third-order valence-corrected chi connectivity index (χ3v) is 2.54. The third kappa shape index (κ3) is 1.82. The molecular formula is C11H16N2O. The fourth-order valence-electron chi connectivity index (χ4n) is 1.70. The Morgan fingerprint density at radius 2 is 2.43 bits per heavy atom. The van der Waals surface area contributed by atoms with Crippen LogP contribution in [-0.4, -0.2) is 33.3 Å². The molecule has 1 N–H and O–H groups in total. The standard InChI is InChI=1S/C11H16N2O/c1-12-7-10-8-13(10)9-4-3-5-11(6-9)14-2/h3-6,10,12H,7-8H2,1-2H3. The van der Waals surface area contributed by atoms with Crippen molar-refractivity contribution in [1.82, 2.24) is 5.32 Å². The summed E-state index contributed by atoms with van der Waals surface area (Å²) in [6.45, 7) is 2.20. The second-order valence-corrected chi connectivity index (χ2v) is 3.57. The van der Waals surface area contributed by atoms with Gasteiger partial charge in [-0.1, -0.05) is 6.07 Å². The molecule has 0 amide bonds. The van der Waals surface area contributed by atoms with Crippen LogP contribution >= 0.6 is 0 Å². The molecule has 76 valence electrons. The highest BCUT2D eigenvalue weighted by atomic mass is 16.5. The van der Waals surface area contributed by atoms with Gasteiger partial charge in [0.15, 0.2) is 0 Å². The van der Waals surface area contributed by atoms with Gasteiger partial charge in [-0.25, -0.2) is 0 Å². The Balaban J connectivity index is 2.03. The van der Waals surface area contributed by atoms with E-state index in [1.807, 2.05) is 19.2 Å². The van der Waals surface area contributed by atoms with Crippen LogP contribution < -0.4 is 15.0 Å². The zero-order chi connectivity index (χ0) is 9.97. The van der Waals surface area contributed by atoms with Gasteiger partial charge >= 0.3 is 0 Å². The number of hydrogen-bond donors (Lipinski definition) is 1. The van der Waals surface area contributed by atoms with Crippen LogP contribution in [0, 0.1) is 0 Å². The molecule has 0 saturated carbocycles. The largest absolute Gasteiger partial charge is 0.497 e. The molecule has 1 saturated heterocycles. The van der Waals surface area contributed by atoms with Gasteiger partial charge in [0.05, 0.1) is 13.2 Å². The van der Waals surface area contributed by atoms with Crippen molar-refractivity contribution in [2.75, 3.05) is 32.1 Å². The first-order valence-corrected chi connectivity index (χ1v) is 4.90. The van der Waals surface area contributed by atoms with Crippen LogP contribution in [0.15, 0.2) is 24.3 Å². The summed E-state index contributed by atoms with van der Waals surface area (Å²) in [6.07, 6.45) is 0. The number of anilines is 1. The van der Waals surface area contributed by atoms with E-state index in [9.17, 15) is 0 Å². The van der Waals surface area contributed by atoms with Crippen molar-refractivity contribution >= 4 is 5.69 Å². The third-order valence-electron chi connectivity index (χ3n) is 2.54. The first-order valence-electron chi connectivity index (χ1n) is 4.90. The molecule has 0 aromatic heterocycles. The molecule has 1 aliphatic rings. The van der Waals surface area contributed by atoms with Gasteiger partial charge in [0, 0.05) is 24.8 Å². The van der Waals surface area contributed by atoms with Gasteiger partial charge in [-0.3, -0.25) is 0 Å². The Labute approximate surface area is 84.7 Å². The lowest BCUT2D eigenvalue weighted by atomic mass is 10.3. The maximum absolute atomic E-state index is 5.19. The predicted octanol–water partition coefficient (Wildman–Crippen LogP) is 1.10. The molecule has 3 heteroatoms. The lowest BCUT2D eigenvalue weighted by Crippen LogP contribution is -2.17. The molecule has 0 radical (unpaired) electrons. The fraction of sp³-hybridized carbons (Fsp3) is 0.455. The first-order chi connectivity index (χ1) is 6.85. The predicted molar refractivity (Wildman–Crippen MR) is 58.1 cm³/mol. The monoisotopic (exact) mass is 192 g/mol. The molecule has 1 aromatic rings. The van der Waals surface area contributed by atoms with Gasteiger partial charge in [-0.2, -0.15) is 0 Å². The number of benzene rings is 1. The Morgan fingerprint density at radius 3 is 3.14 bits per heavy atom. The van der Waals surface area contributed by atoms with Crippen LogP contribution in [0.25, 0.3) is 0 Å². The minimum absolute atomic E-state index is 0.659. The minimum Gasteiger partial charge on any atom is -0.497 e. The Morgan fingerprint density at radius 1 is 1.57 bits per heavy atom. The van der Waals surface area contributed by atoms with E-state index in [1.54, 1.807) is 7.11 Å². The van der Waals surface area contributed by atoms with Gasteiger partial charge in [-0.15, -0.1) is 0 Å². The van der Waals surface area contributed by atoms with Gasteiger partial charge in [0.25, 0.3) is 0 Å². The zero-order valence-corrected chi connectivity index (χ0v) is 8.66. The summed E-state index contributed by atoms with van der Waals surface area (Å²) >= 11 is 0. The Bertz CT molecular complexity index is 314. The molecule has 0 bridgehead atoms. The van der Waals surface area contributed by atoms with Crippen molar-refractivity contribution in [1.29, 1.82) is 0 Å². The molecule has 1 fully saturated rings. The van der Waals surface area contributed by atoms with E-state index in [0.717, 1.165) is 18.8 Å². The molecule has 1 unspecified atom stereocenters. The van der Waals surface area contributed by atoms with Crippen LogP contribution in [0.5, 0.6) is 5.75 Å².